The van der Waals surface area contributed by atoms with Gasteiger partial charge in [0.05, 0.1) is 12.1 Å². The predicted molar refractivity (Wildman–Crippen MR) is 149 cm³/mol. The van der Waals surface area contributed by atoms with Gasteiger partial charge >= 0.3 is 6.09 Å². The zero-order chi connectivity index (χ0) is 28.9. The summed E-state index contributed by atoms with van der Waals surface area (Å²) in [7, 11) is -3.94. The van der Waals surface area contributed by atoms with Gasteiger partial charge < -0.3 is 9.64 Å². The van der Waals surface area contributed by atoms with Crippen LogP contribution in [0, 0.1) is 11.2 Å². The lowest BCUT2D eigenvalue weighted by Crippen LogP contribution is -2.68. The van der Waals surface area contributed by atoms with Crippen LogP contribution in [-0.4, -0.2) is 66.3 Å². The molecule has 0 bridgehead atoms. The van der Waals surface area contributed by atoms with Crippen LogP contribution >= 0.6 is 11.6 Å². The Morgan fingerprint density at radius 3 is 2.46 bits per heavy atom. The summed E-state index contributed by atoms with van der Waals surface area (Å²) in [6.45, 7) is 2.61. The Morgan fingerprint density at radius 2 is 1.76 bits per heavy atom. The normalized spacial score (nSPS) is 20.7. The smallest absolute Gasteiger partial charge is 0.415 e. The van der Waals surface area contributed by atoms with E-state index in [1.807, 2.05) is 37.3 Å². The number of carbonyl (C=O) groups excluding carboxylic acids is 2. The minimum atomic E-state index is -3.94. The lowest BCUT2D eigenvalue weighted by molar-refractivity contribution is -0.0729. The van der Waals surface area contributed by atoms with E-state index in [0.29, 0.717) is 12.8 Å². The molecule has 0 N–H and O–H groups in total. The fraction of sp³-hybridized carbons (Fsp3) is 0.345. The zero-order valence-corrected chi connectivity index (χ0v) is 23.8. The third-order valence-corrected chi connectivity index (χ3v) is 10.2. The number of nitrogens with zero attached hydrogens (tertiary/aromatic N) is 4. The zero-order valence-electron chi connectivity index (χ0n) is 22.2. The molecule has 3 heterocycles. The molecule has 1 atom stereocenters. The second kappa shape index (κ2) is 10.4. The van der Waals surface area contributed by atoms with Crippen molar-refractivity contribution >= 4 is 39.4 Å². The highest BCUT2D eigenvalue weighted by Crippen LogP contribution is 2.52. The molecule has 12 heteroatoms. The van der Waals surface area contributed by atoms with Crippen molar-refractivity contribution in [1.29, 1.82) is 0 Å². The minimum Gasteiger partial charge on any atom is -0.444 e. The SMILES string of the molecule is C[C@@H]1CN(C(=O)OCc2ccccc2)c2nc(Cl)ccc2C(=O)N1C1CC2(C1)CN(S(=O)(=O)c1ccccc1F)C2. The van der Waals surface area contributed by atoms with E-state index >= 15 is 0 Å². The topological polar surface area (TPSA) is 100 Å². The van der Waals surface area contributed by atoms with Crippen molar-refractivity contribution in [2.24, 2.45) is 5.41 Å². The van der Waals surface area contributed by atoms with Crippen LogP contribution in [0.15, 0.2) is 71.6 Å². The summed E-state index contributed by atoms with van der Waals surface area (Å²) in [5.41, 5.74) is 0.797. The molecule has 2 amide bonds. The maximum absolute atomic E-state index is 14.2. The molecule has 2 aromatic carbocycles. The lowest BCUT2D eigenvalue weighted by Gasteiger charge is -2.60. The molecule has 3 aromatic rings. The number of benzene rings is 2. The molecule has 0 radical (unpaired) electrons. The van der Waals surface area contributed by atoms with Crippen LogP contribution in [-0.2, 0) is 21.4 Å². The van der Waals surface area contributed by atoms with Crippen molar-refractivity contribution in [3.63, 3.8) is 0 Å². The Kier molecular flexibility index (Phi) is 6.99. The molecule has 1 spiro atoms. The molecule has 1 saturated carbocycles. The number of hydrogen-bond donors (Lipinski definition) is 0. The number of carbonyl (C=O) groups is 2. The molecule has 41 heavy (non-hydrogen) atoms. The largest absolute Gasteiger partial charge is 0.444 e. The van der Waals surface area contributed by atoms with E-state index in [9.17, 15) is 22.4 Å². The molecule has 0 unspecified atom stereocenters. The average molecular weight is 599 g/mol. The van der Waals surface area contributed by atoms with Gasteiger partial charge in [0.25, 0.3) is 5.91 Å². The number of rotatable bonds is 5. The first-order valence-corrected chi connectivity index (χ1v) is 15.1. The fourth-order valence-corrected chi connectivity index (χ4v) is 7.99. The number of pyridine rings is 1. The molecule has 1 saturated heterocycles. The monoisotopic (exact) mass is 598 g/mol. The van der Waals surface area contributed by atoms with Crippen LogP contribution in [0.3, 0.4) is 0 Å². The van der Waals surface area contributed by atoms with Crippen LogP contribution < -0.4 is 4.90 Å². The summed E-state index contributed by atoms with van der Waals surface area (Å²) in [4.78, 5) is 34.2. The molecular formula is C29H28ClFN4O5S. The second-order valence-electron chi connectivity index (χ2n) is 11.0. The standard InChI is InChI=1S/C29H28ClFN4O5S/c1-19-15-34(28(37)40-16-20-7-3-2-4-8-20)26-22(11-12-25(30)32-26)27(36)35(19)21-13-29(14-21)17-33(18-29)41(38,39)24-10-6-5-9-23(24)31/h2-12,19,21H,13-18H2,1H3/t19-/m1/s1. The highest BCUT2D eigenvalue weighted by Gasteiger charge is 2.58. The van der Waals surface area contributed by atoms with Crippen molar-refractivity contribution in [2.45, 2.75) is 43.4 Å². The predicted octanol–water partition coefficient (Wildman–Crippen LogP) is 4.71. The molecular weight excluding hydrogens is 571 g/mol. The Morgan fingerprint density at radius 1 is 1.07 bits per heavy atom. The van der Waals surface area contributed by atoms with Crippen molar-refractivity contribution in [1.82, 2.24) is 14.2 Å². The van der Waals surface area contributed by atoms with Crippen molar-refractivity contribution < 1.29 is 27.1 Å². The summed E-state index contributed by atoms with van der Waals surface area (Å²) in [6.07, 6.45) is 0.562. The number of halogens is 2. The second-order valence-corrected chi connectivity index (χ2v) is 13.3. The Hall–Kier alpha value is -3.54. The molecule has 3 aliphatic rings. The number of hydrogen-bond acceptors (Lipinski definition) is 6. The molecule has 6 rings (SSSR count). The van der Waals surface area contributed by atoms with E-state index < -0.39 is 21.9 Å². The number of amides is 2. The molecule has 1 aromatic heterocycles. The van der Waals surface area contributed by atoms with Crippen LogP contribution in [0.25, 0.3) is 0 Å². The van der Waals surface area contributed by atoms with Gasteiger partial charge in [-0.3, -0.25) is 9.69 Å². The van der Waals surface area contributed by atoms with E-state index in [0.717, 1.165) is 11.6 Å². The first kappa shape index (κ1) is 27.6. The first-order chi connectivity index (χ1) is 19.6. The van der Waals surface area contributed by atoms with Gasteiger partial charge in [-0.25, -0.2) is 22.6 Å². The fourth-order valence-electron chi connectivity index (χ4n) is 6.12. The molecule has 214 valence electrons. The Labute approximate surface area is 242 Å². The molecule has 1 aliphatic carbocycles. The summed E-state index contributed by atoms with van der Waals surface area (Å²) in [5, 5.41) is 0.145. The molecule has 9 nitrogen and oxygen atoms in total. The maximum Gasteiger partial charge on any atom is 0.415 e. The van der Waals surface area contributed by atoms with Gasteiger partial charge in [-0.15, -0.1) is 0 Å². The van der Waals surface area contributed by atoms with Gasteiger partial charge in [-0.05, 0) is 49.6 Å². The highest BCUT2D eigenvalue weighted by molar-refractivity contribution is 7.89. The van der Waals surface area contributed by atoms with Gasteiger partial charge in [0.15, 0.2) is 5.82 Å². The van der Waals surface area contributed by atoms with Crippen LogP contribution in [0.2, 0.25) is 5.15 Å². The number of fused-ring (bicyclic) bond motifs is 1. The van der Waals surface area contributed by atoms with Gasteiger partial charge in [-0.1, -0.05) is 54.1 Å². The van der Waals surface area contributed by atoms with Crippen LogP contribution in [0.5, 0.6) is 0 Å². The van der Waals surface area contributed by atoms with Crippen molar-refractivity contribution in [3.05, 3.63) is 88.8 Å². The number of ether oxygens (including phenoxy) is 1. The maximum atomic E-state index is 14.2. The number of sulfonamides is 1. The highest BCUT2D eigenvalue weighted by atomic mass is 35.5. The van der Waals surface area contributed by atoms with Crippen molar-refractivity contribution in [3.8, 4) is 0 Å². The van der Waals surface area contributed by atoms with Gasteiger partial charge in [0.2, 0.25) is 10.0 Å². The minimum absolute atomic E-state index is 0.0650. The van der Waals surface area contributed by atoms with Gasteiger partial charge in [-0.2, -0.15) is 4.31 Å². The summed E-state index contributed by atoms with van der Waals surface area (Å²) in [5.74, 6) is -0.900. The average Bonchev–Trinajstić information content (AvgIpc) is 3.00. The Bertz CT molecular complexity index is 1610. The first-order valence-electron chi connectivity index (χ1n) is 13.3. The van der Waals surface area contributed by atoms with E-state index in [-0.39, 0.29) is 71.1 Å². The summed E-state index contributed by atoms with van der Waals surface area (Å²) >= 11 is 6.17. The Balaban J connectivity index is 1.17. The third kappa shape index (κ3) is 4.96. The molecule has 2 aliphatic heterocycles. The van der Waals surface area contributed by atoms with E-state index in [2.05, 4.69) is 4.98 Å². The quantitative estimate of drug-likeness (QED) is 0.394. The van der Waals surface area contributed by atoms with E-state index in [4.69, 9.17) is 16.3 Å². The van der Waals surface area contributed by atoms with Gasteiger partial charge in [0, 0.05) is 30.6 Å². The van der Waals surface area contributed by atoms with E-state index in [1.165, 1.54) is 33.5 Å². The van der Waals surface area contributed by atoms with Crippen LogP contribution in [0.4, 0.5) is 15.0 Å². The van der Waals surface area contributed by atoms with E-state index in [1.54, 1.807) is 11.0 Å². The number of aromatic nitrogens is 1. The third-order valence-electron chi connectivity index (χ3n) is 8.12. The molecule has 2 fully saturated rings. The van der Waals surface area contributed by atoms with Crippen LogP contribution in [0.1, 0.15) is 35.7 Å². The lowest BCUT2D eigenvalue weighted by atomic mass is 9.61. The number of anilines is 1. The summed E-state index contributed by atoms with van der Waals surface area (Å²) in [6, 6.07) is 17.2. The summed E-state index contributed by atoms with van der Waals surface area (Å²) < 4.78 is 47.0. The van der Waals surface area contributed by atoms with Gasteiger partial charge in [0.1, 0.15) is 22.5 Å². The van der Waals surface area contributed by atoms with Crippen molar-refractivity contribution in [2.75, 3.05) is 24.5 Å².